The number of hydroxylamine groups is 1. The molecular formula is C12H17Cl2NO. The van der Waals surface area contributed by atoms with E-state index in [1.165, 1.54) is 30.4 Å². The molecule has 0 atom stereocenters. The lowest BCUT2D eigenvalue weighted by Crippen LogP contribution is -2.16. The summed E-state index contributed by atoms with van der Waals surface area (Å²) >= 11 is 5.99. The molecule has 1 aromatic carbocycles. The minimum Gasteiger partial charge on any atom is -0.305 e. The maximum atomic E-state index is 5.99. The van der Waals surface area contributed by atoms with Crippen molar-refractivity contribution in [2.45, 2.75) is 31.7 Å². The molecule has 4 heteroatoms. The molecule has 2 nitrogen and oxygen atoms in total. The normalized spacial score (nSPS) is 15.4. The molecule has 16 heavy (non-hydrogen) atoms. The van der Waals surface area contributed by atoms with Crippen LogP contribution < -0.4 is 5.48 Å². The van der Waals surface area contributed by atoms with Crippen LogP contribution in [0.3, 0.4) is 0 Å². The van der Waals surface area contributed by atoms with Gasteiger partial charge >= 0.3 is 0 Å². The van der Waals surface area contributed by atoms with Crippen molar-refractivity contribution in [1.82, 2.24) is 5.48 Å². The Morgan fingerprint density at radius 3 is 2.75 bits per heavy atom. The average Bonchev–Trinajstić information content (AvgIpc) is 2.15. The average molecular weight is 262 g/mol. The minimum absolute atomic E-state index is 0. The van der Waals surface area contributed by atoms with E-state index in [1.807, 2.05) is 12.1 Å². The van der Waals surface area contributed by atoms with Gasteiger partial charge in [0.25, 0.3) is 0 Å². The van der Waals surface area contributed by atoms with Gasteiger partial charge < -0.3 is 4.84 Å². The molecule has 0 saturated heterocycles. The molecule has 0 aliphatic heterocycles. The van der Waals surface area contributed by atoms with Gasteiger partial charge in [-0.2, -0.15) is 5.48 Å². The fourth-order valence-corrected chi connectivity index (χ4v) is 2.19. The van der Waals surface area contributed by atoms with E-state index >= 15 is 0 Å². The number of nitrogens with one attached hydrogen (secondary N) is 1. The number of hydrogen-bond acceptors (Lipinski definition) is 2. The summed E-state index contributed by atoms with van der Waals surface area (Å²) in [6.45, 7) is 0.725. The Bertz CT molecular complexity index is 340. The maximum Gasteiger partial charge on any atom is 0.0572 e. The highest BCUT2D eigenvalue weighted by molar-refractivity contribution is 6.30. The van der Waals surface area contributed by atoms with Gasteiger partial charge in [0.2, 0.25) is 0 Å². The largest absolute Gasteiger partial charge is 0.305 e. The highest BCUT2D eigenvalue weighted by atomic mass is 35.5. The van der Waals surface area contributed by atoms with Crippen molar-refractivity contribution >= 4 is 24.0 Å². The first kappa shape index (κ1) is 13.8. The summed E-state index contributed by atoms with van der Waals surface area (Å²) in [6.07, 6.45) is 3.97. The number of halogens is 2. The van der Waals surface area contributed by atoms with E-state index in [2.05, 4.69) is 11.5 Å². The quantitative estimate of drug-likeness (QED) is 0.836. The Morgan fingerprint density at radius 2 is 2.19 bits per heavy atom. The third kappa shape index (κ3) is 3.11. The van der Waals surface area contributed by atoms with Crippen LogP contribution in [-0.2, 0) is 11.4 Å². The molecule has 0 bridgehead atoms. The summed E-state index contributed by atoms with van der Waals surface area (Å²) < 4.78 is 0. The van der Waals surface area contributed by atoms with Crippen molar-refractivity contribution in [3.05, 3.63) is 34.3 Å². The van der Waals surface area contributed by atoms with Crippen LogP contribution in [0.4, 0.5) is 0 Å². The van der Waals surface area contributed by atoms with E-state index in [-0.39, 0.29) is 12.4 Å². The monoisotopic (exact) mass is 261 g/mol. The van der Waals surface area contributed by atoms with E-state index in [0.29, 0.717) is 0 Å². The standard InChI is InChI=1S/C12H16ClNO.ClH/c1-15-14-8-10-7-11(13)5-6-12(10)9-3-2-4-9;/h5-7,9,14H,2-4,8H2,1H3;1H. The first-order valence-electron chi connectivity index (χ1n) is 5.35. The predicted octanol–water partition coefficient (Wildman–Crippen LogP) is 3.68. The van der Waals surface area contributed by atoms with Crippen LogP contribution in [0.5, 0.6) is 0 Å². The molecule has 1 aliphatic rings. The van der Waals surface area contributed by atoms with Crippen molar-refractivity contribution in [3.8, 4) is 0 Å². The Kier molecular flexibility index (Phi) is 5.56. The number of hydrogen-bond donors (Lipinski definition) is 1. The topological polar surface area (TPSA) is 21.3 Å². The molecular weight excluding hydrogens is 245 g/mol. The minimum atomic E-state index is 0. The maximum absolute atomic E-state index is 5.99. The second-order valence-corrected chi connectivity index (χ2v) is 4.43. The molecule has 1 N–H and O–H groups in total. The van der Waals surface area contributed by atoms with Crippen molar-refractivity contribution in [2.24, 2.45) is 0 Å². The van der Waals surface area contributed by atoms with Crippen molar-refractivity contribution in [1.29, 1.82) is 0 Å². The zero-order valence-electron chi connectivity index (χ0n) is 9.33. The van der Waals surface area contributed by atoms with Gasteiger partial charge in [0.05, 0.1) is 7.11 Å². The summed E-state index contributed by atoms with van der Waals surface area (Å²) in [7, 11) is 1.63. The van der Waals surface area contributed by atoms with Crippen molar-refractivity contribution in [3.63, 3.8) is 0 Å². The second-order valence-electron chi connectivity index (χ2n) is 4.00. The zero-order valence-corrected chi connectivity index (χ0v) is 10.9. The molecule has 0 spiro atoms. The van der Waals surface area contributed by atoms with Gasteiger partial charge in [-0.1, -0.05) is 24.1 Å². The summed E-state index contributed by atoms with van der Waals surface area (Å²) in [5.74, 6) is 0.732. The molecule has 0 aromatic heterocycles. The van der Waals surface area contributed by atoms with Crippen molar-refractivity contribution in [2.75, 3.05) is 7.11 Å². The number of benzene rings is 1. The van der Waals surface area contributed by atoms with Gasteiger partial charge in [-0.3, -0.25) is 0 Å². The van der Waals surface area contributed by atoms with Crippen LogP contribution in [0.1, 0.15) is 36.3 Å². The second kappa shape index (κ2) is 6.45. The zero-order chi connectivity index (χ0) is 10.7. The van der Waals surface area contributed by atoms with E-state index in [0.717, 1.165) is 17.5 Å². The molecule has 90 valence electrons. The summed E-state index contributed by atoms with van der Waals surface area (Å²) in [4.78, 5) is 4.88. The van der Waals surface area contributed by atoms with E-state index < -0.39 is 0 Å². The molecule has 1 fully saturated rings. The third-order valence-corrected chi connectivity index (χ3v) is 3.29. The fraction of sp³-hybridized carbons (Fsp3) is 0.500. The van der Waals surface area contributed by atoms with Crippen LogP contribution in [0.25, 0.3) is 0 Å². The SMILES string of the molecule is CONCc1cc(Cl)ccc1C1CCC1.Cl. The predicted molar refractivity (Wildman–Crippen MR) is 69.1 cm³/mol. The van der Waals surface area contributed by atoms with E-state index in [1.54, 1.807) is 7.11 Å². The highest BCUT2D eigenvalue weighted by Gasteiger charge is 2.21. The molecule has 1 saturated carbocycles. The summed E-state index contributed by atoms with van der Waals surface area (Å²) in [6, 6.07) is 6.16. The molecule has 0 unspecified atom stereocenters. The Hall–Kier alpha value is -0.280. The van der Waals surface area contributed by atoms with Crippen LogP contribution in [0, 0.1) is 0 Å². The van der Waals surface area contributed by atoms with Gasteiger partial charge in [-0.05, 0) is 42.0 Å². The lowest BCUT2D eigenvalue weighted by molar-refractivity contribution is 0.0863. The van der Waals surface area contributed by atoms with Crippen LogP contribution in [-0.4, -0.2) is 7.11 Å². The lowest BCUT2D eigenvalue weighted by Gasteiger charge is -2.28. The fourth-order valence-electron chi connectivity index (χ4n) is 1.99. The summed E-state index contributed by atoms with van der Waals surface area (Å²) in [5, 5.41) is 0.797. The van der Waals surface area contributed by atoms with Gasteiger partial charge in [0, 0.05) is 11.6 Å². The molecule has 0 amide bonds. The van der Waals surface area contributed by atoms with Gasteiger partial charge in [0.1, 0.15) is 0 Å². The first-order valence-corrected chi connectivity index (χ1v) is 5.73. The van der Waals surface area contributed by atoms with E-state index in [4.69, 9.17) is 16.4 Å². The lowest BCUT2D eigenvalue weighted by atomic mass is 9.78. The van der Waals surface area contributed by atoms with Crippen LogP contribution in [0.2, 0.25) is 5.02 Å². The Balaban J connectivity index is 0.00000128. The molecule has 1 aliphatic carbocycles. The third-order valence-electron chi connectivity index (χ3n) is 3.06. The first-order chi connectivity index (χ1) is 7.31. The number of rotatable bonds is 4. The van der Waals surface area contributed by atoms with Gasteiger partial charge in [0.15, 0.2) is 0 Å². The van der Waals surface area contributed by atoms with Crippen molar-refractivity contribution < 1.29 is 4.84 Å². The highest BCUT2D eigenvalue weighted by Crippen LogP contribution is 2.38. The van der Waals surface area contributed by atoms with E-state index in [9.17, 15) is 0 Å². The summed E-state index contributed by atoms with van der Waals surface area (Å²) in [5.41, 5.74) is 5.56. The molecule has 2 rings (SSSR count). The Labute approximate surface area is 108 Å². The Morgan fingerprint density at radius 1 is 1.44 bits per heavy atom. The smallest absolute Gasteiger partial charge is 0.0572 e. The molecule has 1 aromatic rings. The van der Waals surface area contributed by atoms with Crippen LogP contribution in [0.15, 0.2) is 18.2 Å². The van der Waals surface area contributed by atoms with Gasteiger partial charge in [-0.25, -0.2) is 0 Å². The van der Waals surface area contributed by atoms with Crippen LogP contribution >= 0.6 is 24.0 Å². The van der Waals surface area contributed by atoms with Gasteiger partial charge in [-0.15, -0.1) is 12.4 Å². The molecule has 0 heterocycles. The molecule has 0 radical (unpaired) electrons.